The van der Waals surface area contributed by atoms with Gasteiger partial charge in [0.1, 0.15) is 22.7 Å². The second-order valence-electron chi connectivity index (χ2n) is 13.8. The Bertz CT molecular complexity index is 1640. The standard InChI is InChI=1S/C37H44Cl2N4O3/c1-24(2)46-32-23-28(35(4,5)6)13-18-31(32)33-40-36(7,26-9-14-29(38)15-10-26)37(8,27-11-16-30(39)17-12-27)43(33)34(45)42-21-19-41(20-22-42)25(3)44/h9-18,23-24H,19-22H2,1-8H3/t36-,37+/m0/s1. The molecule has 1 saturated heterocycles. The van der Waals surface area contributed by atoms with Gasteiger partial charge in [-0.1, -0.05) is 74.3 Å². The van der Waals surface area contributed by atoms with E-state index < -0.39 is 11.1 Å². The Balaban J connectivity index is 1.78. The third-order valence-corrected chi connectivity index (χ3v) is 9.89. The van der Waals surface area contributed by atoms with Crippen LogP contribution in [0.1, 0.15) is 77.6 Å². The fraction of sp³-hybridized carbons (Fsp3) is 0.432. The molecular formula is C37H44Cl2N4O3. The smallest absolute Gasteiger partial charge is 0.326 e. The van der Waals surface area contributed by atoms with Crippen molar-refractivity contribution in [2.24, 2.45) is 4.99 Å². The molecule has 0 bridgehead atoms. The number of aliphatic imine (C=N–C) groups is 1. The van der Waals surface area contributed by atoms with Gasteiger partial charge < -0.3 is 14.5 Å². The fourth-order valence-electron chi connectivity index (χ4n) is 6.45. The lowest BCUT2D eigenvalue weighted by atomic mass is 9.71. The first-order chi connectivity index (χ1) is 21.6. The predicted octanol–water partition coefficient (Wildman–Crippen LogP) is 8.26. The van der Waals surface area contributed by atoms with Gasteiger partial charge in [-0.3, -0.25) is 14.7 Å². The second kappa shape index (κ2) is 12.6. The van der Waals surface area contributed by atoms with Gasteiger partial charge in [0, 0.05) is 43.1 Å². The number of urea groups is 1. The van der Waals surface area contributed by atoms with Gasteiger partial charge in [0.2, 0.25) is 5.91 Å². The van der Waals surface area contributed by atoms with Crippen LogP contribution in [0, 0.1) is 0 Å². The van der Waals surface area contributed by atoms with Gasteiger partial charge in [-0.25, -0.2) is 4.79 Å². The molecule has 9 heteroatoms. The molecule has 2 atom stereocenters. The van der Waals surface area contributed by atoms with Crippen LogP contribution >= 0.6 is 23.2 Å². The number of carbonyl (C=O) groups is 2. The highest BCUT2D eigenvalue weighted by atomic mass is 35.5. The number of benzene rings is 3. The minimum absolute atomic E-state index is 0.00579. The van der Waals surface area contributed by atoms with Crippen molar-refractivity contribution in [3.63, 3.8) is 0 Å². The second-order valence-corrected chi connectivity index (χ2v) is 14.7. The van der Waals surface area contributed by atoms with E-state index in [4.69, 9.17) is 32.9 Å². The first kappa shape index (κ1) is 33.8. The first-order valence-corrected chi connectivity index (χ1v) is 16.6. The van der Waals surface area contributed by atoms with Gasteiger partial charge >= 0.3 is 6.03 Å². The molecular weight excluding hydrogens is 619 g/mol. The molecule has 5 rings (SSSR count). The van der Waals surface area contributed by atoms with Crippen molar-refractivity contribution < 1.29 is 14.3 Å². The predicted molar refractivity (Wildman–Crippen MR) is 186 cm³/mol. The molecule has 3 amide bonds. The number of nitrogens with zero attached hydrogens (tertiary/aromatic N) is 4. The van der Waals surface area contributed by atoms with Gasteiger partial charge in [-0.15, -0.1) is 0 Å². The van der Waals surface area contributed by atoms with Crippen molar-refractivity contribution in [1.29, 1.82) is 0 Å². The molecule has 46 heavy (non-hydrogen) atoms. The van der Waals surface area contributed by atoms with Crippen LogP contribution in [0.2, 0.25) is 10.0 Å². The molecule has 2 heterocycles. The summed E-state index contributed by atoms with van der Waals surface area (Å²) in [5.74, 6) is 1.19. The Kier molecular flexibility index (Phi) is 9.24. The minimum Gasteiger partial charge on any atom is -0.490 e. The van der Waals surface area contributed by atoms with Crippen molar-refractivity contribution in [3.8, 4) is 5.75 Å². The third kappa shape index (κ3) is 6.12. The van der Waals surface area contributed by atoms with E-state index in [-0.39, 0.29) is 23.5 Å². The highest BCUT2D eigenvalue weighted by Gasteiger charge is 2.60. The van der Waals surface area contributed by atoms with E-state index in [1.807, 2.05) is 78.2 Å². The summed E-state index contributed by atoms with van der Waals surface area (Å²) in [7, 11) is 0. The normalized spacial score (nSPS) is 21.9. The first-order valence-electron chi connectivity index (χ1n) is 15.8. The highest BCUT2D eigenvalue weighted by molar-refractivity contribution is 6.30. The lowest BCUT2D eigenvalue weighted by Gasteiger charge is -2.47. The van der Waals surface area contributed by atoms with E-state index in [9.17, 15) is 4.79 Å². The molecule has 3 aromatic carbocycles. The van der Waals surface area contributed by atoms with Crippen LogP contribution in [0.25, 0.3) is 0 Å². The Hall–Kier alpha value is -3.55. The molecule has 0 N–H and O–H groups in total. The van der Waals surface area contributed by atoms with Gasteiger partial charge in [0.05, 0.1) is 11.7 Å². The average Bonchev–Trinajstić information content (AvgIpc) is 3.24. The summed E-state index contributed by atoms with van der Waals surface area (Å²) in [5.41, 5.74) is 1.55. The summed E-state index contributed by atoms with van der Waals surface area (Å²) in [6.45, 7) is 18.0. The monoisotopic (exact) mass is 662 g/mol. The van der Waals surface area contributed by atoms with Gasteiger partial charge in [0.15, 0.2) is 0 Å². The fourth-order valence-corrected chi connectivity index (χ4v) is 6.70. The molecule has 2 aliphatic rings. The van der Waals surface area contributed by atoms with Crippen LogP contribution in [0.15, 0.2) is 71.7 Å². The van der Waals surface area contributed by atoms with Crippen LogP contribution < -0.4 is 4.74 Å². The minimum atomic E-state index is -1.01. The van der Waals surface area contributed by atoms with Crippen LogP contribution in [0.5, 0.6) is 5.75 Å². The van der Waals surface area contributed by atoms with Crippen LogP contribution in [-0.4, -0.2) is 64.8 Å². The van der Waals surface area contributed by atoms with E-state index >= 15 is 4.79 Å². The van der Waals surface area contributed by atoms with Crippen molar-refractivity contribution >= 4 is 41.0 Å². The van der Waals surface area contributed by atoms with E-state index in [1.165, 1.54) is 0 Å². The van der Waals surface area contributed by atoms with Crippen LogP contribution in [0.4, 0.5) is 4.79 Å². The number of rotatable bonds is 5. The zero-order valence-corrected chi connectivity index (χ0v) is 29.5. The number of hydrogen-bond donors (Lipinski definition) is 0. The number of piperazine rings is 1. The molecule has 0 aromatic heterocycles. The quantitative estimate of drug-likeness (QED) is 0.276. The highest BCUT2D eigenvalue weighted by Crippen LogP contribution is 2.54. The van der Waals surface area contributed by atoms with Crippen molar-refractivity contribution in [2.45, 2.75) is 78.0 Å². The van der Waals surface area contributed by atoms with E-state index in [2.05, 4.69) is 46.8 Å². The summed E-state index contributed by atoms with van der Waals surface area (Å²) < 4.78 is 6.48. The van der Waals surface area contributed by atoms with E-state index in [0.717, 1.165) is 22.3 Å². The number of hydrogen-bond acceptors (Lipinski definition) is 4. The van der Waals surface area contributed by atoms with Crippen molar-refractivity contribution in [3.05, 3.63) is 99.0 Å². The lowest BCUT2D eigenvalue weighted by Crippen LogP contribution is -2.61. The molecule has 1 fully saturated rings. The number of ether oxygens (including phenoxy) is 1. The molecule has 7 nitrogen and oxygen atoms in total. The Morgan fingerprint density at radius 2 is 1.35 bits per heavy atom. The van der Waals surface area contributed by atoms with Gasteiger partial charge in [-0.2, -0.15) is 0 Å². The number of halogens is 2. The van der Waals surface area contributed by atoms with E-state index in [0.29, 0.717) is 47.8 Å². The van der Waals surface area contributed by atoms with E-state index in [1.54, 1.807) is 11.8 Å². The summed E-state index contributed by atoms with van der Waals surface area (Å²) in [6.07, 6.45) is -0.106. The molecule has 0 unspecified atom stereocenters. The topological polar surface area (TPSA) is 65.5 Å². The maximum absolute atomic E-state index is 15.0. The van der Waals surface area contributed by atoms with Crippen molar-refractivity contribution in [2.75, 3.05) is 26.2 Å². The van der Waals surface area contributed by atoms with Crippen LogP contribution in [0.3, 0.4) is 0 Å². The molecule has 0 aliphatic carbocycles. The number of carbonyl (C=O) groups excluding carboxylic acids is 2. The van der Waals surface area contributed by atoms with Gasteiger partial charge in [0.25, 0.3) is 0 Å². The molecule has 3 aromatic rings. The molecule has 2 aliphatic heterocycles. The summed E-state index contributed by atoms with van der Waals surface area (Å²) in [5, 5.41) is 1.22. The molecule has 0 radical (unpaired) electrons. The zero-order chi connectivity index (χ0) is 33.6. The summed E-state index contributed by atoms with van der Waals surface area (Å²) >= 11 is 12.8. The number of amides is 3. The largest absolute Gasteiger partial charge is 0.490 e. The maximum atomic E-state index is 15.0. The zero-order valence-electron chi connectivity index (χ0n) is 28.0. The summed E-state index contributed by atoms with van der Waals surface area (Å²) in [4.78, 5) is 38.1. The Morgan fingerprint density at radius 1 is 0.826 bits per heavy atom. The summed E-state index contributed by atoms with van der Waals surface area (Å²) in [6, 6.07) is 21.3. The van der Waals surface area contributed by atoms with Crippen molar-refractivity contribution in [1.82, 2.24) is 14.7 Å². The molecule has 0 saturated carbocycles. The molecule has 0 spiro atoms. The Morgan fingerprint density at radius 3 is 1.85 bits per heavy atom. The van der Waals surface area contributed by atoms with Gasteiger partial charge in [-0.05, 0) is 86.2 Å². The lowest BCUT2D eigenvalue weighted by molar-refractivity contribution is -0.130. The Labute approximate surface area is 283 Å². The number of amidine groups is 1. The average molecular weight is 664 g/mol. The third-order valence-electron chi connectivity index (χ3n) is 9.39. The maximum Gasteiger partial charge on any atom is 0.326 e. The van der Waals surface area contributed by atoms with Crippen LogP contribution in [-0.2, 0) is 21.3 Å². The molecule has 244 valence electrons. The SMILES string of the molecule is CC(=O)N1CCN(C(=O)N2C(c3ccc(C(C)(C)C)cc3OC(C)C)=N[C@@](C)(c3ccc(Cl)cc3)[C@@]2(C)c2ccc(Cl)cc2)CC1.